The Morgan fingerprint density at radius 3 is 2.65 bits per heavy atom. The van der Waals surface area contributed by atoms with Crippen LogP contribution in [0.3, 0.4) is 0 Å². The number of hydrogen-bond acceptors (Lipinski definition) is 2. The molecule has 0 saturated heterocycles. The van der Waals surface area contributed by atoms with Crippen LogP contribution in [0.2, 0.25) is 0 Å². The minimum absolute atomic E-state index is 0.229. The summed E-state index contributed by atoms with van der Waals surface area (Å²) >= 11 is 3.33. The van der Waals surface area contributed by atoms with Crippen LogP contribution in [0.1, 0.15) is 28.4 Å². The smallest absolute Gasteiger partial charge is 0.267 e. The number of carbonyl (C=O) groups is 1. The van der Waals surface area contributed by atoms with Gasteiger partial charge in [0.2, 0.25) is 0 Å². The van der Waals surface area contributed by atoms with E-state index < -0.39 is 0 Å². The van der Waals surface area contributed by atoms with Crippen molar-refractivity contribution in [2.75, 3.05) is 0 Å². The lowest BCUT2D eigenvalue weighted by Gasteiger charge is -2.00. The number of hydrogen-bond donors (Lipinski definition) is 1. The maximum Gasteiger partial charge on any atom is 0.271 e. The van der Waals surface area contributed by atoms with E-state index in [2.05, 4.69) is 45.5 Å². The minimum Gasteiger partial charge on any atom is -0.267 e. The van der Waals surface area contributed by atoms with Crippen LogP contribution in [0.4, 0.5) is 0 Å². The van der Waals surface area contributed by atoms with Crippen molar-refractivity contribution in [1.82, 2.24) is 5.43 Å². The van der Waals surface area contributed by atoms with Gasteiger partial charge in [-0.3, -0.25) is 4.79 Å². The quantitative estimate of drug-likeness (QED) is 0.672. The lowest BCUT2D eigenvalue weighted by Crippen LogP contribution is -2.17. The highest BCUT2D eigenvalue weighted by Crippen LogP contribution is 2.11. The Hall–Kier alpha value is -1.94. The van der Waals surface area contributed by atoms with Crippen molar-refractivity contribution in [3.8, 4) is 0 Å². The summed E-state index contributed by atoms with van der Waals surface area (Å²) in [5.41, 5.74) is 5.31. The summed E-state index contributed by atoms with van der Waals surface area (Å²) in [6.45, 7) is 2.11. The van der Waals surface area contributed by atoms with Gasteiger partial charge in [-0.2, -0.15) is 5.10 Å². The molecule has 2 aromatic rings. The van der Waals surface area contributed by atoms with Gasteiger partial charge >= 0.3 is 0 Å². The number of nitrogens with one attached hydrogen (secondary N) is 1. The van der Waals surface area contributed by atoms with Crippen LogP contribution < -0.4 is 5.43 Å². The zero-order valence-electron chi connectivity index (χ0n) is 11.1. The average molecular weight is 331 g/mol. The molecular formula is C16H15BrN2O. The van der Waals surface area contributed by atoms with Gasteiger partial charge in [0.05, 0.1) is 6.21 Å². The van der Waals surface area contributed by atoms with Crippen molar-refractivity contribution in [1.29, 1.82) is 0 Å². The fourth-order valence-corrected chi connectivity index (χ4v) is 2.10. The number of amides is 1. The lowest BCUT2D eigenvalue weighted by atomic mass is 10.1. The summed E-state index contributed by atoms with van der Waals surface area (Å²) in [6.07, 6.45) is 2.65. The predicted molar refractivity (Wildman–Crippen MR) is 85.0 cm³/mol. The van der Waals surface area contributed by atoms with E-state index in [0.29, 0.717) is 5.56 Å². The van der Waals surface area contributed by atoms with Crippen molar-refractivity contribution < 1.29 is 4.79 Å². The summed E-state index contributed by atoms with van der Waals surface area (Å²) in [7, 11) is 0. The van der Waals surface area contributed by atoms with Gasteiger partial charge < -0.3 is 0 Å². The SMILES string of the molecule is CCc1ccc(/C=N\NC(=O)c2cccc(Br)c2)cc1. The number of carbonyl (C=O) groups excluding carboxylic acids is 1. The Morgan fingerprint density at radius 1 is 1.25 bits per heavy atom. The molecule has 0 bridgehead atoms. The third-order valence-electron chi connectivity index (χ3n) is 2.85. The molecule has 2 rings (SSSR count). The van der Waals surface area contributed by atoms with Gasteiger partial charge in [0.1, 0.15) is 0 Å². The van der Waals surface area contributed by atoms with Gasteiger partial charge in [-0.25, -0.2) is 5.43 Å². The van der Waals surface area contributed by atoms with E-state index in [4.69, 9.17) is 0 Å². The Bertz CT molecular complexity index is 621. The molecule has 0 spiro atoms. The zero-order chi connectivity index (χ0) is 14.4. The summed E-state index contributed by atoms with van der Waals surface area (Å²) < 4.78 is 0.865. The fraction of sp³-hybridized carbons (Fsp3) is 0.125. The highest BCUT2D eigenvalue weighted by Gasteiger charge is 2.03. The van der Waals surface area contributed by atoms with Crippen molar-refractivity contribution in [3.63, 3.8) is 0 Å². The van der Waals surface area contributed by atoms with Crippen LogP contribution in [0, 0.1) is 0 Å². The van der Waals surface area contributed by atoms with Crippen LogP contribution in [-0.2, 0) is 6.42 Å². The first-order valence-corrected chi connectivity index (χ1v) is 7.16. The van der Waals surface area contributed by atoms with Crippen LogP contribution in [0.5, 0.6) is 0 Å². The largest absolute Gasteiger partial charge is 0.271 e. The topological polar surface area (TPSA) is 41.5 Å². The Labute approximate surface area is 126 Å². The molecule has 0 aliphatic rings. The molecule has 0 heterocycles. The summed E-state index contributed by atoms with van der Waals surface area (Å²) in [6, 6.07) is 15.2. The Morgan fingerprint density at radius 2 is 2.00 bits per heavy atom. The standard InChI is InChI=1S/C16H15BrN2O/c1-2-12-6-8-13(9-7-12)11-18-19-16(20)14-4-3-5-15(17)10-14/h3-11H,2H2,1H3,(H,19,20)/b18-11-. The fourth-order valence-electron chi connectivity index (χ4n) is 1.70. The lowest BCUT2D eigenvalue weighted by molar-refractivity contribution is 0.0955. The third kappa shape index (κ3) is 4.03. The first-order chi connectivity index (χ1) is 9.69. The van der Waals surface area contributed by atoms with Crippen LogP contribution >= 0.6 is 15.9 Å². The van der Waals surface area contributed by atoms with Gasteiger partial charge in [0.25, 0.3) is 5.91 Å². The molecule has 0 fully saturated rings. The number of rotatable bonds is 4. The van der Waals surface area contributed by atoms with E-state index in [-0.39, 0.29) is 5.91 Å². The second kappa shape index (κ2) is 7.01. The van der Waals surface area contributed by atoms with E-state index in [9.17, 15) is 4.79 Å². The molecule has 0 unspecified atom stereocenters. The summed E-state index contributed by atoms with van der Waals surface area (Å²) in [5.74, 6) is -0.229. The first-order valence-electron chi connectivity index (χ1n) is 6.37. The average Bonchev–Trinajstić information content (AvgIpc) is 2.48. The maximum absolute atomic E-state index is 11.8. The predicted octanol–water partition coefficient (Wildman–Crippen LogP) is 3.78. The van der Waals surface area contributed by atoms with Gasteiger partial charge in [0, 0.05) is 10.0 Å². The van der Waals surface area contributed by atoms with E-state index in [0.717, 1.165) is 16.5 Å². The molecule has 0 radical (unpaired) electrons. The molecule has 1 amide bonds. The van der Waals surface area contributed by atoms with Crippen molar-refractivity contribution in [2.24, 2.45) is 5.10 Å². The normalized spacial score (nSPS) is 10.7. The molecule has 0 aromatic heterocycles. The zero-order valence-corrected chi connectivity index (χ0v) is 12.7. The molecule has 2 aromatic carbocycles. The van der Waals surface area contributed by atoms with Crippen molar-refractivity contribution in [2.45, 2.75) is 13.3 Å². The number of nitrogens with zero attached hydrogens (tertiary/aromatic N) is 1. The Balaban J connectivity index is 1.97. The van der Waals surface area contributed by atoms with Crippen LogP contribution in [0.15, 0.2) is 58.1 Å². The third-order valence-corrected chi connectivity index (χ3v) is 3.35. The molecular weight excluding hydrogens is 316 g/mol. The first kappa shape index (κ1) is 14.5. The minimum atomic E-state index is -0.229. The van der Waals surface area contributed by atoms with Gasteiger partial charge in [-0.15, -0.1) is 0 Å². The molecule has 0 saturated carbocycles. The second-order valence-electron chi connectivity index (χ2n) is 4.30. The van der Waals surface area contributed by atoms with E-state index in [1.165, 1.54) is 5.56 Å². The molecule has 3 nitrogen and oxygen atoms in total. The molecule has 20 heavy (non-hydrogen) atoms. The molecule has 0 aliphatic heterocycles. The van der Waals surface area contributed by atoms with Gasteiger partial charge in [-0.05, 0) is 35.7 Å². The van der Waals surface area contributed by atoms with E-state index in [1.54, 1.807) is 18.3 Å². The summed E-state index contributed by atoms with van der Waals surface area (Å²) in [4.78, 5) is 11.8. The number of halogens is 1. The molecule has 102 valence electrons. The highest BCUT2D eigenvalue weighted by atomic mass is 79.9. The van der Waals surface area contributed by atoms with Crippen LogP contribution in [0.25, 0.3) is 0 Å². The number of aryl methyl sites for hydroxylation is 1. The molecule has 1 N–H and O–H groups in total. The van der Waals surface area contributed by atoms with Gasteiger partial charge in [-0.1, -0.05) is 53.2 Å². The molecule has 4 heteroatoms. The Kier molecular flexibility index (Phi) is 5.07. The molecule has 0 atom stereocenters. The van der Waals surface area contributed by atoms with Crippen molar-refractivity contribution >= 4 is 28.1 Å². The van der Waals surface area contributed by atoms with E-state index >= 15 is 0 Å². The highest BCUT2D eigenvalue weighted by molar-refractivity contribution is 9.10. The van der Waals surface area contributed by atoms with Gasteiger partial charge in [0.15, 0.2) is 0 Å². The second-order valence-corrected chi connectivity index (χ2v) is 5.22. The summed E-state index contributed by atoms with van der Waals surface area (Å²) in [5, 5.41) is 3.96. The van der Waals surface area contributed by atoms with Crippen molar-refractivity contribution in [3.05, 3.63) is 69.7 Å². The van der Waals surface area contributed by atoms with Crippen LogP contribution in [-0.4, -0.2) is 12.1 Å². The maximum atomic E-state index is 11.8. The van der Waals surface area contributed by atoms with E-state index in [1.807, 2.05) is 24.3 Å². The molecule has 0 aliphatic carbocycles. The number of benzene rings is 2. The monoisotopic (exact) mass is 330 g/mol. The number of hydrazone groups is 1.